The van der Waals surface area contributed by atoms with Crippen LogP contribution in [-0.4, -0.2) is 27.2 Å². The summed E-state index contributed by atoms with van der Waals surface area (Å²) in [5.41, 5.74) is 2.04. The Labute approximate surface area is 133 Å². The van der Waals surface area contributed by atoms with Gasteiger partial charge in [0.2, 0.25) is 0 Å². The molecule has 0 bridgehead atoms. The largest absolute Gasteiger partial charge is 0.309 e. The summed E-state index contributed by atoms with van der Waals surface area (Å²) in [5.74, 6) is -0.460. The van der Waals surface area contributed by atoms with E-state index >= 15 is 0 Å². The third kappa shape index (κ3) is 3.11. The van der Waals surface area contributed by atoms with Crippen LogP contribution in [0.25, 0.3) is 5.69 Å². The Kier molecular flexibility index (Phi) is 4.14. The van der Waals surface area contributed by atoms with E-state index in [0.717, 1.165) is 5.69 Å². The minimum absolute atomic E-state index is 0.135. The lowest BCUT2D eigenvalue weighted by atomic mass is 10.1. The Morgan fingerprint density at radius 3 is 2.39 bits per heavy atom. The first-order chi connectivity index (χ1) is 11.2. The van der Waals surface area contributed by atoms with Crippen molar-refractivity contribution >= 4 is 11.6 Å². The van der Waals surface area contributed by atoms with E-state index in [0.29, 0.717) is 17.8 Å². The van der Waals surface area contributed by atoms with E-state index in [1.807, 2.05) is 6.92 Å². The molecule has 0 N–H and O–H groups in total. The lowest BCUT2D eigenvalue weighted by Gasteiger charge is -2.21. The highest BCUT2D eigenvalue weighted by atomic mass is 19.1. The second-order valence-electron chi connectivity index (χ2n) is 4.91. The predicted octanol–water partition coefficient (Wildman–Crippen LogP) is 3.07. The number of hydrogen-bond acceptors (Lipinski definition) is 3. The molecule has 0 aliphatic carbocycles. The highest BCUT2D eigenvalue weighted by molar-refractivity contribution is 6.06. The van der Waals surface area contributed by atoms with Crippen LogP contribution in [0.2, 0.25) is 0 Å². The van der Waals surface area contributed by atoms with Gasteiger partial charge >= 0.3 is 0 Å². The Morgan fingerprint density at radius 1 is 1.13 bits per heavy atom. The topological polar surface area (TPSA) is 51.0 Å². The molecule has 0 spiro atoms. The molecule has 0 atom stereocenters. The van der Waals surface area contributed by atoms with Crippen molar-refractivity contribution in [2.24, 2.45) is 0 Å². The normalized spacial score (nSPS) is 10.5. The molecule has 0 fully saturated rings. The van der Waals surface area contributed by atoms with Crippen LogP contribution in [0.1, 0.15) is 17.3 Å². The van der Waals surface area contributed by atoms with Gasteiger partial charge in [0.15, 0.2) is 0 Å². The average molecular weight is 310 g/mol. The van der Waals surface area contributed by atoms with Crippen molar-refractivity contribution in [1.82, 2.24) is 14.8 Å². The maximum Gasteiger partial charge on any atom is 0.258 e. The Bertz CT molecular complexity index is 782. The van der Waals surface area contributed by atoms with Gasteiger partial charge in [-0.1, -0.05) is 0 Å². The summed E-state index contributed by atoms with van der Waals surface area (Å²) < 4.78 is 14.7. The molecule has 116 valence electrons. The molecule has 0 aliphatic heterocycles. The summed E-state index contributed by atoms with van der Waals surface area (Å²) in [6.45, 7) is 2.38. The van der Waals surface area contributed by atoms with Gasteiger partial charge < -0.3 is 4.90 Å². The number of carbonyl (C=O) groups excluding carboxylic acids is 1. The van der Waals surface area contributed by atoms with Gasteiger partial charge in [-0.3, -0.25) is 4.79 Å². The summed E-state index contributed by atoms with van der Waals surface area (Å²) in [5, 5.41) is 4.04. The van der Waals surface area contributed by atoms with Crippen LogP contribution in [-0.2, 0) is 0 Å². The number of aromatic nitrogens is 3. The number of amides is 1. The molecule has 0 unspecified atom stereocenters. The van der Waals surface area contributed by atoms with Gasteiger partial charge in [-0.15, -0.1) is 0 Å². The monoisotopic (exact) mass is 310 g/mol. The Morgan fingerprint density at radius 2 is 1.83 bits per heavy atom. The van der Waals surface area contributed by atoms with Gasteiger partial charge in [0.25, 0.3) is 5.91 Å². The second kappa shape index (κ2) is 6.39. The van der Waals surface area contributed by atoms with Crippen molar-refractivity contribution in [3.63, 3.8) is 0 Å². The SMILES string of the molecule is CCN(C(=O)c1ccc(-n2cncn2)cc1)c1ccc(F)cc1. The molecule has 6 heteroatoms. The average Bonchev–Trinajstić information content (AvgIpc) is 3.12. The maximum atomic E-state index is 13.0. The van der Waals surface area contributed by atoms with Crippen LogP contribution in [0.15, 0.2) is 61.2 Å². The van der Waals surface area contributed by atoms with Crippen molar-refractivity contribution < 1.29 is 9.18 Å². The zero-order valence-corrected chi connectivity index (χ0v) is 12.6. The van der Waals surface area contributed by atoms with Gasteiger partial charge in [0.05, 0.1) is 5.69 Å². The molecule has 3 aromatic rings. The fraction of sp³-hybridized carbons (Fsp3) is 0.118. The van der Waals surface area contributed by atoms with Crippen molar-refractivity contribution in [2.75, 3.05) is 11.4 Å². The molecule has 2 aromatic carbocycles. The van der Waals surface area contributed by atoms with Crippen LogP contribution in [0.5, 0.6) is 0 Å². The van der Waals surface area contributed by atoms with E-state index in [1.165, 1.54) is 18.5 Å². The summed E-state index contributed by atoms with van der Waals surface area (Å²) >= 11 is 0. The number of benzene rings is 2. The molecular formula is C17H15FN4O. The first-order valence-corrected chi connectivity index (χ1v) is 7.21. The molecule has 0 saturated carbocycles. The van der Waals surface area contributed by atoms with Crippen molar-refractivity contribution in [3.05, 3.63) is 72.6 Å². The third-order valence-electron chi connectivity index (χ3n) is 3.50. The van der Waals surface area contributed by atoms with Crippen LogP contribution in [0, 0.1) is 5.82 Å². The van der Waals surface area contributed by atoms with E-state index in [2.05, 4.69) is 10.1 Å². The minimum Gasteiger partial charge on any atom is -0.309 e. The molecule has 1 aromatic heterocycles. The Hall–Kier alpha value is -3.02. The van der Waals surface area contributed by atoms with Gasteiger partial charge in [0, 0.05) is 17.8 Å². The quantitative estimate of drug-likeness (QED) is 0.744. The van der Waals surface area contributed by atoms with Gasteiger partial charge in [-0.2, -0.15) is 5.10 Å². The Balaban J connectivity index is 1.84. The van der Waals surface area contributed by atoms with Gasteiger partial charge in [-0.05, 0) is 55.5 Å². The van der Waals surface area contributed by atoms with Crippen LogP contribution >= 0.6 is 0 Å². The smallest absolute Gasteiger partial charge is 0.258 e. The van der Waals surface area contributed by atoms with E-state index in [1.54, 1.807) is 52.3 Å². The molecule has 0 radical (unpaired) electrons. The first-order valence-electron chi connectivity index (χ1n) is 7.21. The van der Waals surface area contributed by atoms with E-state index in [4.69, 9.17) is 0 Å². The lowest BCUT2D eigenvalue weighted by molar-refractivity contribution is 0.0988. The fourth-order valence-corrected chi connectivity index (χ4v) is 2.32. The van der Waals surface area contributed by atoms with E-state index in [-0.39, 0.29) is 11.7 Å². The molecule has 23 heavy (non-hydrogen) atoms. The van der Waals surface area contributed by atoms with Gasteiger partial charge in [-0.25, -0.2) is 14.1 Å². The molecule has 0 aliphatic rings. The minimum atomic E-state index is -0.325. The zero-order chi connectivity index (χ0) is 16.2. The first kappa shape index (κ1) is 14.9. The number of carbonyl (C=O) groups is 1. The van der Waals surface area contributed by atoms with Crippen LogP contribution < -0.4 is 4.90 Å². The van der Waals surface area contributed by atoms with Crippen LogP contribution in [0.4, 0.5) is 10.1 Å². The zero-order valence-electron chi connectivity index (χ0n) is 12.6. The molecule has 3 rings (SSSR count). The second-order valence-corrected chi connectivity index (χ2v) is 4.91. The van der Waals surface area contributed by atoms with Crippen LogP contribution in [0.3, 0.4) is 0 Å². The number of nitrogens with zero attached hydrogens (tertiary/aromatic N) is 4. The number of hydrogen-bond donors (Lipinski definition) is 0. The third-order valence-corrected chi connectivity index (χ3v) is 3.50. The number of rotatable bonds is 4. The highest BCUT2D eigenvalue weighted by Gasteiger charge is 2.16. The molecular weight excluding hydrogens is 295 g/mol. The summed E-state index contributed by atoms with van der Waals surface area (Å²) in [6, 6.07) is 13.0. The van der Waals surface area contributed by atoms with E-state index < -0.39 is 0 Å². The van der Waals surface area contributed by atoms with E-state index in [9.17, 15) is 9.18 Å². The number of anilines is 1. The summed E-state index contributed by atoms with van der Waals surface area (Å²) in [6.07, 6.45) is 3.04. The number of halogens is 1. The highest BCUT2D eigenvalue weighted by Crippen LogP contribution is 2.18. The molecule has 1 heterocycles. The van der Waals surface area contributed by atoms with Crippen molar-refractivity contribution in [2.45, 2.75) is 6.92 Å². The lowest BCUT2D eigenvalue weighted by Crippen LogP contribution is -2.30. The predicted molar refractivity (Wildman–Crippen MR) is 85.1 cm³/mol. The van der Waals surface area contributed by atoms with Crippen molar-refractivity contribution in [3.8, 4) is 5.69 Å². The summed E-state index contributed by atoms with van der Waals surface area (Å²) in [4.78, 5) is 18.1. The van der Waals surface area contributed by atoms with Crippen molar-refractivity contribution in [1.29, 1.82) is 0 Å². The fourth-order valence-electron chi connectivity index (χ4n) is 2.32. The maximum absolute atomic E-state index is 13.0. The van der Waals surface area contributed by atoms with Gasteiger partial charge in [0.1, 0.15) is 18.5 Å². The molecule has 5 nitrogen and oxygen atoms in total. The molecule has 0 saturated heterocycles. The summed E-state index contributed by atoms with van der Waals surface area (Å²) in [7, 11) is 0. The molecule has 1 amide bonds. The standard InChI is InChI=1S/C17H15FN4O/c1-2-21(15-9-5-14(18)6-10-15)17(23)13-3-7-16(8-4-13)22-12-19-11-20-22/h3-12H,2H2,1H3.